The molecule has 1 aliphatic carbocycles. The van der Waals surface area contributed by atoms with Crippen LogP contribution in [0.5, 0.6) is 0 Å². The second-order valence-electron chi connectivity index (χ2n) is 4.36. The minimum atomic E-state index is 0.912. The summed E-state index contributed by atoms with van der Waals surface area (Å²) in [4.78, 5) is 0. The summed E-state index contributed by atoms with van der Waals surface area (Å²) in [5.41, 5.74) is 5.29. The molecule has 2 nitrogen and oxygen atoms in total. The molecule has 0 aromatic carbocycles. The van der Waals surface area contributed by atoms with Gasteiger partial charge in [0.2, 0.25) is 0 Å². The minimum absolute atomic E-state index is 0.912. The molecular weight excluding hydrogens is 196 g/mol. The molecular formula is C14H20N2. The standard InChI is InChI=1S/C14H20N2/c1-10(2)14(16-15-11(3)4)13-9-7-6-8-12(13)5/h8-9H,1,6-7H2,2-5H3/b16-14+. The lowest BCUT2D eigenvalue weighted by Gasteiger charge is -2.14. The van der Waals surface area contributed by atoms with E-state index >= 15 is 0 Å². The molecule has 0 unspecified atom stereocenters. The summed E-state index contributed by atoms with van der Waals surface area (Å²) in [5, 5.41) is 8.42. The number of hydrogen-bond donors (Lipinski definition) is 0. The van der Waals surface area contributed by atoms with Crippen molar-refractivity contribution in [1.29, 1.82) is 0 Å². The van der Waals surface area contributed by atoms with E-state index in [4.69, 9.17) is 0 Å². The first kappa shape index (κ1) is 12.6. The highest BCUT2D eigenvalue weighted by Gasteiger charge is 2.12. The maximum absolute atomic E-state index is 4.29. The Bertz CT molecular complexity index is 402. The van der Waals surface area contributed by atoms with Gasteiger partial charge in [-0.3, -0.25) is 0 Å². The highest BCUT2D eigenvalue weighted by molar-refractivity contribution is 6.14. The predicted molar refractivity (Wildman–Crippen MR) is 72.1 cm³/mol. The summed E-state index contributed by atoms with van der Waals surface area (Å²) in [5.74, 6) is 0. The van der Waals surface area contributed by atoms with Gasteiger partial charge in [-0.15, -0.1) is 0 Å². The zero-order valence-corrected chi connectivity index (χ0v) is 10.7. The van der Waals surface area contributed by atoms with Crippen LogP contribution in [0.4, 0.5) is 0 Å². The van der Waals surface area contributed by atoms with Gasteiger partial charge in [0.1, 0.15) is 0 Å². The summed E-state index contributed by atoms with van der Waals surface area (Å²) >= 11 is 0. The fourth-order valence-corrected chi connectivity index (χ4v) is 1.60. The van der Waals surface area contributed by atoms with E-state index in [1.54, 1.807) is 0 Å². The van der Waals surface area contributed by atoms with Crippen molar-refractivity contribution in [3.8, 4) is 0 Å². The Morgan fingerprint density at radius 1 is 1.12 bits per heavy atom. The number of rotatable bonds is 3. The topological polar surface area (TPSA) is 24.7 Å². The fourth-order valence-electron chi connectivity index (χ4n) is 1.60. The second-order valence-corrected chi connectivity index (χ2v) is 4.36. The molecule has 0 aromatic rings. The second kappa shape index (κ2) is 5.59. The first-order chi connectivity index (χ1) is 7.52. The van der Waals surface area contributed by atoms with E-state index in [-0.39, 0.29) is 0 Å². The van der Waals surface area contributed by atoms with Crippen molar-refractivity contribution in [1.82, 2.24) is 0 Å². The van der Waals surface area contributed by atoms with Gasteiger partial charge in [0, 0.05) is 11.3 Å². The van der Waals surface area contributed by atoms with Crippen LogP contribution < -0.4 is 0 Å². The van der Waals surface area contributed by atoms with E-state index in [9.17, 15) is 0 Å². The van der Waals surface area contributed by atoms with E-state index in [0.717, 1.165) is 29.8 Å². The quantitative estimate of drug-likeness (QED) is 0.502. The molecule has 0 fully saturated rings. The first-order valence-electron chi connectivity index (χ1n) is 5.64. The first-order valence-corrected chi connectivity index (χ1v) is 5.64. The Kier molecular flexibility index (Phi) is 4.41. The Labute approximate surface area is 98.2 Å². The Morgan fingerprint density at radius 3 is 2.25 bits per heavy atom. The number of allylic oxidation sites excluding steroid dienone is 5. The molecule has 0 aliphatic heterocycles. The molecule has 86 valence electrons. The fraction of sp³-hybridized carbons (Fsp3) is 0.429. The van der Waals surface area contributed by atoms with Crippen LogP contribution in [-0.4, -0.2) is 11.4 Å². The van der Waals surface area contributed by atoms with E-state index in [1.807, 2.05) is 20.8 Å². The third-order valence-electron chi connectivity index (χ3n) is 2.40. The molecule has 0 saturated heterocycles. The van der Waals surface area contributed by atoms with Gasteiger partial charge in [0.15, 0.2) is 0 Å². The van der Waals surface area contributed by atoms with Crippen LogP contribution in [0.2, 0.25) is 0 Å². The molecule has 0 radical (unpaired) electrons. The van der Waals surface area contributed by atoms with Gasteiger partial charge in [0.05, 0.1) is 5.71 Å². The Morgan fingerprint density at radius 2 is 1.75 bits per heavy atom. The zero-order chi connectivity index (χ0) is 12.1. The summed E-state index contributed by atoms with van der Waals surface area (Å²) in [6, 6.07) is 0. The van der Waals surface area contributed by atoms with Crippen LogP contribution in [0.3, 0.4) is 0 Å². The Balaban J connectivity index is 3.09. The van der Waals surface area contributed by atoms with Gasteiger partial charge in [-0.1, -0.05) is 18.7 Å². The van der Waals surface area contributed by atoms with Gasteiger partial charge >= 0.3 is 0 Å². The summed E-state index contributed by atoms with van der Waals surface area (Å²) < 4.78 is 0. The van der Waals surface area contributed by atoms with Crippen LogP contribution >= 0.6 is 0 Å². The summed E-state index contributed by atoms with van der Waals surface area (Å²) in [6.07, 6.45) is 6.67. The maximum Gasteiger partial charge on any atom is 0.0951 e. The van der Waals surface area contributed by atoms with Crippen molar-refractivity contribution in [3.05, 3.63) is 35.5 Å². The van der Waals surface area contributed by atoms with Crippen LogP contribution in [0.25, 0.3) is 0 Å². The van der Waals surface area contributed by atoms with E-state index in [0.29, 0.717) is 0 Å². The molecule has 16 heavy (non-hydrogen) atoms. The van der Waals surface area contributed by atoms with E-state index < -0.39 is 0 Å². The Hall–Kier alpha value is -1.44. The average molecular weight is 216 g/mol. The summed E-state index contributed by atoms with van der Waals surface area (Å²) in [7, 11) is 0. The van der Waals surface area contributed by atoms with Crippen LogP contribution in [0.1, 0.15) is 40.5 Å². The van der Waals surface area contributed by atoms with Gasteiger partial charge in [-0.2, -0.15) is 10.2 Å². The third-order valence-corrected chi connectivity index (χ3v) is 2.40. The van der Waals surface area contributed by atoms with Crippen molar-refractivity contribution in [3.63, 3.8) is 0 Å². The van der Waals surface area contributed by atoms with Crippen molar-refractivity contribution >= 4 is 11.4 Å². The highest BCUT2D eigenvalue weighted by atomic mass is 15.2. The highest BCUT2D eigenvalue weighted by Crippen LogP contribution is 2.22. The average Bonchev–Trinajstić information content (AvgIpc) is 2.20. The predicted octanol–water partition coefficient (Wildman–Crippen LogP) is 4.07. The largest absolute Gasteiger partial charge is 0.160 e. The van der Waals surface area contributed by atoms with Gasteiger partial charge in [0.25, 0.3) is 0 Å². The van der Waals surface area contributed by atoms with Crippen LogP contribution in [0.15, 0.2) is 45.7 Å². The van der Waals surface area contributed by atoms with Crippen molar-refractivity contribution in [2.45, 2.75) is 40.5 Å². The van der Waals surface area contributed by atoms with Gasteiger partial charge in [-0.25, -0.2) is 0 Å². The summed E-state index contributed by atoms with van der Waals surface area (Å²) in [6.45, 7) is 12.0. The van der Waals surface area contributed by atoms with Crippen molar-refractivity contribution in [2.75, 3.05) is 0 Å². The molecule has 0 bridgehead atoms. The van der Waals surface area contributed by atoms with Gasteiger partial charge in [-0.05, 0) is 51.7 Å². The molecule has 0 atom stereocenters. The zero-order valence-electron chi connectivity index (χ0n) is 10.7. The third kappa shape index (κ3) is 3.30. The molecule has 0 N–H and O–H groups in total. The van der Waals surface area contributed by atoms with E-state index in [1.165, 1.54) is 11.1 Å². The van der Waals surface area contributed by atoms with Crippen LogP contribution in [-0.2, 0) is 0 Å². The van der Waals surface area contributed by atoms with Crippen molar-refractivity contribution < 1.29 is 0 Å². The molecule has 0 amide bonds. The molecule has 0 spiro atoms. The molecule has 0 aromatic heterocycles. The van der Waals surface area contributed by atoms with Crippen molar-refractivity contribution in [2.24, 2.45) is 10.2 Å². The normalized spacial score (nSPS) is 16.4. The van der Waals surface area contributed by atoms with Crippen LogP contribution in [0, 0.1) is 0 Å². The molecule has 0 saturated carbocycles. The maximum atomic E-state index is 4.29. The van der Waals surface area contributed by atoms with E-state index in [2.05, 4.69) is 35.9 Å². The lowest BCUT2D eigenvalue weighted by atomic mass is 9.92. The lowest BCUT2D eigenvalue weighted by Crippen LogP contribution is -2.07. The lowest BCUT2D eigenvalue weighted by molar-refractivity contribution is 1.00. The number of nitrogens with zero attached hydrogens (tertiary/aromatic N) is 2. The molecule has 1 rings (SSSR count). The minimum Gasteiger partial charge on any atom is -0.160 e. The SMILES string of the molecule is C=C(C)/C(=N\N=C(C)C)C1=CCCC=C1C. The molecule has 2 heteroatoms. The number of hydrogen-bond acceptors (Lipinski definition) is 2. The molecule has 0 heterocycles. The monoisotopic (exact) mass is 216 g/mol. The van der Waals surface area contributed by atoms with Gasteiger partial charge < -0.3 is 0 Å². The molecule has 1 aliphatic rings. The smallest absolute Gasteiger partial charge is 0.0951 e.